The van der Waals surface area contributed by atoms with Gasteiger partial charge in [0, 0.05) is 18.7 Å². The molecule has 0 N–H and O–H groups in total. The molecule has 0 fully saturated rings. The molecule has 0 saturated carbocycles. The molecule has 0 aromatic carbocycles. The molecule has 0 heterocycles. The predicted octanol–water partition coefficient (Wildman–Crippen LogP) is 1.39. The Hall–Kier alpha value is -0.450. The van der Waals surface area contributed by atoms with Crippen LogP contribution in [0.5, 0.6) is 0 Å². The summed E-state index contributed by atoms with van der Waals surface area (Å²) < 4.78 is 10.7. The van der Waals surface area contributed by atoms with Gasteiger partial charge in [0.15, 0.2) is 0 Å². The third kappa shape index (κ3) is 1.50. The van der Waals surface area contributed by atoms with Gasteiger partial charge in [0.2, 0.25) is 5.78 Å². The summed E-state index contributed by atoms with van der Waals surface area (Å²) in [5, 5.41) is 0. The van der Waals surface area contributed by atoms with Crippen molar-refractivity contribution in [1.82, 2.24) is 0 Å². The Bertz CT molecular complexity index is 251. The van der Waals surface area contributed by atoms with E-state index in [2.05, 4.69) is 15.9 Å². The smallest absolute Gasteiger partial charge is 0.254 e. The van der Waals surface area contributed by atoms with Crippen molar-refractivity contribution < 1.29 is 14.3 Å². The molecule has 4 heteroatoms. The molecule has 0 bridgehead atoms. The van der Waals surface area contributed by atoms with Crippen LogP contribution >= 0.6 is 15.9 Å². The van der Waals surface area contributed by atoms with Gasteiger partial charge >= 0.3 is 0 Å². The normalized spacial score (nSPS) is 20.9. The van der Waals surface area contributed by atoms with Crippen LogP contribution in [0.3, 0.4) is 0 Å². The Morgan fingerprint density at radius 1 is 1.33 bits per heavy atom. The fourth-order valence-electron chi connectivity index (χ4n) is 0.975. The highest BCUT2D eigenvalue weighted by molar-refractivity contribution is 9.11. The van der Waals surface area contributed by atoms with E-state index in [1.165, 1.54) is 20.3 Å². The van der Waals surface area contributed by atoms with E-state index in [0.29, 0.717) is 0 Å². The first-order valence-corrected chi connectivity index (χ1v) is 4.15. The molecule has 3 nitrogen and oxygen atoms in total. The topological polar surface area (TPSA) is 35.5 Å². The van der Waals surface area contributed by atoms with Crippen molar-refractivity contribution in [3.8, 4) is 0 Å². The van der Waals surface area contributed by atoms with Gasteiger partial charge in [0.05, 0.1) is 0 Å². The van der Waals surface area contributed by atoms with E-state index in [1.54, 1.807) is 12.2 Å². The number of ether oxygens (including phenoxy) is 2. The number of hydrogen-bond donors (Lipinski definition) is 0. The molecule has 0 atom stereocenters. The Labute approximate surface area is 79.2 Å². The molecule has 66 valence electrons. The molecule has 0 amide bonds. The van der Waals surface area contributed by atoms with Gasteiger partial charge in [-0.05, 0) is 18.2 Å². The van der Waals surface area contributed by atoms with E-state index in [1.807, 2.05) is 0 Å². The van der Waals surface area contributed by atoms with E-state index >= 15 is 0 Å². The number of hydrogen-bond acceptors (Lipinski definition) is 3. The molecule has 1 aliphatic carbocycles. The van der Waals surface area contributed by atoms with Crippen LogP contribution in [-0.2, 0) is 14.3 Å². The van der Waals surface area contributed by atoms with Gasteiger partial charge in [-0.15, -0.1) is 0 Å². The van der Waals surface area contributed by atoms with Gasteiger partial charge in [-0.2, -0.15) is 0 Å². The van der Waals surface area contributed by atoms with Gasteiger partial charge in [-0.3, -0.25) is 4.79 Å². The summed E-state index contributed by atoms with van der Waals surface area (Å²) in [5.41, 5.74) is 0. The summed E-state index contributed by atoms with van der Waals surface area (Å²) in [6.45, 7) is 0. The Kier molecular flexibility index (Phi) is 2.82. The highest BCUT2D eigenvalue weighted by atomic mass is 79.9. The molecular formula is C8H9BrO3. The number of carbonyl (C=O) groups is 1. The summed E-state index contributed by atoms with van der Waals surface area (Å²) in [5.74, 6) is -1.45. The molecule has 0 spiro atoms. The maximum absolute atomic E-state index is 11.3. The molecule has 1 aliphatic rings. The van der Waals surface area contributed by atoms with Gasteiger partial charge in [0.1, 0.15) is 0 Å². The Balaban J connectivity index is 3.02. The lowest BCUT2D eigenvalue weighted by Gasteiger charge is -2.26. The van der Waals surface area contributed by atoms with Crippen molar-refractivity contribution >= 4 is 21.7 Å². The summed E-state index contributed by atoms with van der Waals surface area (Å²) >= 11 is 3.24. The molecule has 0 aromatic rings. The maximum Gasteiger partial charge on any atom is 0.254 e. The molecule has 0 saturated heterocycles. The lowest BCUT2D eigenvalue weighted by molar-refractivity contribution is -0.181. The zero-order valence-electron chi connectivity index (χ0n) is 6.83. The van der Waals surface area contributed by atoms with Crippen LogP contribution in [0.2, 0.25) is 0 Å². The lowest BCUT2D eigenvalue weighted by atomic mass is 10.1. The number of halogens is 1. The highest BCUT2D eigenvalue weighted by Gasteiger charge is 2.36. The second-order valence-corrected chi connectivity index (χ2v) is 3.22. The average Bonchev–Trinajstić information content (AvgIpc) is 2.09. The molecule has 0 aliphatic heterocycles. The molecule has 0 unspecified atom stereocenters. The van der Waals surface area contributed by atoms with E-state index < -0.39 is 5.79 Å². The summed E-state index contributed by atoms with van der Waals surface area (Å²) in [7, 11) is 2.86. The van der Waals surface area contributed by atoms with Crippen LogP contribution in [0, 0.1) is 0 Å². The fourth-order valence-corrected chi connectivity index (χ4v) is 1.41. The quantitative estimate of drug-likeness (QED) is 0.676. The van der Waals surface area contributed by atoms with Crippen LogP contribution in [-0.4, -0.2) is 25.8 Å². The molecule has 12 heavy (non-hydrogen) atoms. The van der Waals surface area contributed by atoms with Crippen molar-refractivity contribution in [3.05, 3.63) is 22.7 Å². The summed E-state index contributed by atoms with van der Waals surface area (Å²) in [6.07, 6.45) is 4.64. The first-order chi connectivity index (χ1) is 5.64. The predicted molar refractivity (Wildman–Crippen MR) is 47.9 cm³/mol. The highest BCUT2D eigenvalue weighted by Crippen LogP contribution is 2.25. The first kappa shape index (κ1) is 9.64. The maximum atomic E-state index is 11.3. The first-order valence-electron chi connectivity index (χ1n) is 3.36. The van der Waals surface area contributed by atoms with Crippen LogP contribution < -0.4 is 0 Å². The van der Waals surface area contributed by atoms with E-state index in [0.717, 1.165) is 4.48 Å². The standard InChI is InChI=1S/C8H9BrO3/c1-11-8(12-2)5-6(9)3-4-7(8)10/h3-5H,1-2H3. The second-order valence-electron chi connectivity index (χ2n) is 2.30. The number of rotatable bonds is 2. The van der Waals surface area contributed by atoms with Crippen LogP contribution in [0.15, 0.2) is 22.7 Å². The Morgan fingerprint density at radius 2 is 1.92 bits per heavy atom. The number of allylic oxidation sites excluding steroid dienone is 2. The van der Waals surface area contributed by atoms with Crippen LogP contribution in [0.1, 0.15) is 0 Å². The number of carbonyl (C=O) groups excluding carboxylic acids is 1. The molecule has 0 radical (unpaired) electrons. The van der Waals surface area contributed by atoms with E-state index in [-0.39, 0.29) is 5.78 Å². The minimum Gasteiger partial charge on any atom is -0.343 e. The summed E-state index contributed by atoms with van der Waals surface area (Å²) in [6, 6.07) is 0. The molecule has 0 aromatic heterocycles. The van der Waals surface area contributed by atoms with Crippen LogP contribution in [0.4, 0.5) is 0 Å². The molecular weight excluding hydrogens is 224 g/mol. The van der Waals surface area contributed by atoms with Crippen molar-refractivity contribution in [3.63, 3.8) is 0 Å². The SMILES string of the molecule is COC1(OC)C=C(Br)C=CC1=O. The fraction of sp³-hybridized carbons (Fsp3) is 0.375. The van der Waals surface area contributed by atoms with Crippen molar-refractivity contribution in [2.45, 2.75) is 5.79 Å². The van der Waals surface area contributed by atoms with E-state index in [4.69, 9.17) is 9.47 Å². The minimum atomic E-state index is -1.24. The largest absolute Gasteiger partial charge is 0.343 e. The number of methoxy groups -OCH3 is 2. The monoisotopic (exact) mass is 232 g/mol. The van der Waals surface area contributed by atoms with Crippen LogP contribution in [0.25, 0.3) is 0 Å². The summed E-state index contributed by atoms with van der Waals surface area (Å²) in [4.78, 5) is 11.3. The zero-order chi connectivity index (χ0) is 9.19. The van der Waals surface area contributed by atoms with Crippen molar-refractivity contribution in [2.75, 3.05) is 14.2 Å². The minimum absolute atomic E-state index is 0.212. The van der Waals surface area contributed by atoms with Gasteiger partial charge in [-0.25, -0.2) is 0 Å². The average molecular weight is 233 g/mol. The van der Waals surface area contributed by atoms with Gasteiger partial charge in [-0.1, -0.05) is 15.9 Å². The van der Waals surface area contributed by atoms with Crippen molar-refractivity contribution in [2.24, 2.45) is 0 Å². The third-order valence-electron chi connectivity index (χ3n) is 1.67. The second kappa shape index (κ2) is 3.51. The Morgan fingerprint density at radius 3 is 2.33 bits per heavy atom. The van der Waals surface area contributed by atoms with Gasteiger partial charge < -0.3 is 9.47 Å². The lowest BCUT2D eigenvalue weighted by Crippen LogP contribution is -2.41. The van der Waals surface area contributed by atoms with Gasteiger partial charge in [0.25, 0.3) is 5.79 Å². The molecule has 1 rings (SSSR count). The number of ketones is 1. The third-order valence-corrected chi connectivity index (χ3v) is 2.17. The zero-order valence-corrected chi connectivity index (χ0v) is 8.42. The van der Waals surface area contributed by atoms with Crippen molar-refractivity contribution in [1.29, 1.82) is 0 Å². The van der Waals surface area contributed by atoms with E-state index in [9.17, 15) is 4.79 Å².